The van der Waals surface area contributed by atoms with E-state index in [1.54, 1.807) is 48.5 Å². The van der Waals surface area contributed by atoms with E-state index in [9.17, 15) is 9.59 Å². The highest BCUT2D eigenvalue weighted by Gasteiger charge is 2.13. The van der Waals surface area contributed by atoms with Crippen molar-refractivity contribution in [3.05, 3.63) is 83.4 Å². The number of esters is 1. The maximum absolute atomic E-state index is 12.4. The molecule has 3 aromatic carbocycles. The van der Waals surface area contributed by atoms with Gasteiger partial charge in [0.1, 0.15) is 11.5 Å². The van der Waals surface area contributed by atoms with Crippen molar-refractivity contribution in [2.24, 2.45) is 5.10 Å². The lowest BCUT2D eigenvalue weighted by Gasteiger charge is -2.09. The number of hydrogen-bond donors (Lipinski definition) is 1. The molecule has 1 amide bonds. The number of carbonyl (C=O) groups excluding carboxylic acids is 2. The van der Waals surface area contributed by atoms with E-state index < -0.39 is 5.97 Å². The molecule has 0 aromatic heterocycles. The van der Waals surface area contributed by atoms with Crippen LogP contribution in [0.15, 0.2) is 71.8 Å². The smallest absolute Gasteiger partial charge is 0.343 e. The van der Waals surface area contributed by atoms with E-state index >= 15 is 0 Å². The fourth-order valence-electron chi connectivity index (χ4n) is 2.82. The van der Waals surface area contributed by atoms with Gasteiger partial charge >= 0.3 is 5.97 Å². The number of aryl methyl sites for hydroxylation is 1. The van der Waals surface area contributed by atoms with Gasteiger partial charge in [-0.05, 0) is 66.6 Å². The van der Waals surface area contributed by atoms with Crippen LogP contribution in [0.3, 0.4) is 0 Å². The number of para-hydroxylation sites is 1. The van der Waals surface area contributed by atoms with E-state index in [2.05, 4.69) is 10.5 Å². The van der Waals surface area contributed by atoms with E-state index in [4.69, 9.17) is 18.9 Å². The second kappa shape index (κ2) is 11.3. The van der Waals surface area contributed by atoms with Crippen LogP contribution < -0.4 is 24.4 Å². The molecule has 0 aliphatic carbocycles. The highest BCUT2D eigenvalue weighted by molar-refractivity contribution is 5.92. The second-order valence-electron chi connectivity index (χ2n) is 6.88. The molecule has 8 nitrogen and oxygen atoms in total. The van der Waals surface area contributed by atoms with Gasteiger partial charge in [0.15, 0.2) is 18.1 Å². The molecule has 3 aromatic rings. The van der Waals surface area contributed by atoms with E-state index in [-0.39, 0.29) is 12.5 Å². The van der Waals surface area contributed by atoms with E-state index in [0.29, 0.717) is 34.1 Å². The first-order valence-corrected chi connectivity index (χ1v) is 10.0. The van der Waals surface area contributed by atoms with Gasteiger partial charge in [-0.15, -0.1) is 0 Å². The number of carbonyl (C=O) groups is 2. The number of amides is 1. The molecule has 0 atom stereocenters. The average molecular weight is 448 g/mol. The first-order chi connectivity index (χ1) is 16.0. The topological polar surface area (TPSA) is 95.5 Å². The summed E-state index contributed by atoms with van der Waals surface area (Å²) in [7, 11) is 3.01. The summed E-state index contributed by atoms with van der Waals surface area (Å²) >= 11 is 0. The molecule has 0 bridgehead atoms. The van der Waals surface area contributed by atoms with Gasteiger partial charge in [0.25, 0.3) is 5.91 Å². The fraction of sp³-hybridized carbons (Fsp3) is 0.160. The van der Waals surface area contributed by atoms with Crippen LogP contribution in [0.5, 0.6) is 23.0 Å². The third-order valence-corrected chi connectivity index (χ3v) is 4.57. The summed E-state index contributed by atoms with van der Waals surface area (Å²) in [5, 5.41) is 3.91. The van der Waals surface area contributed by atoms with Gasteiger partial charge in [-0.3, -0.25) is 4.79 Å². The minimum Gasteiger partial charge on any atom is -0.493 e. The molecule has 0 radical (unpaired) electrons. The summed E-state index contributed by atoms with van der Waals surface area (Å²) < 4.78 is 21.2. The maximum atomic E-state index is 12.4. The number of hydrogen-bond acceptors (Lipinski definition) is 7. The molecule has 0 heterocycles. The fourth-order valence-corrected chi connectivity index (χ4v) is 2.82. The number of methoxy groups -OCH3 is 2. The van der Waals surface area contributed by atoms with Crippen molar-refractivity contribution in [2.75, 3.05) is 20.8 Å². The van der Waals surface area contributed by atoms with E-state index in [1.807, 2.05) is 25.1 Å². The third kappa shape index (κ3) is 6.57. The van der Waals surface area contributed by atoms with Crippen molar-refractivity contribution in [2.45, 2.75) is 6.92 Å². The predicted octanol–water partition coefficient (Wildman–Crippen LogP) is 3.76. The Balaban J connectivity index is 1.50. The minimum atomic E-state index is -0.529. The van der Waals surface area contributed by atoms with Crippen molar-refractivity contribution in [3.8, 4) is 23.0 Å². The van der Waals surface area contributed by atoms with Crippen molar-refractivity contribution in [1.82, 2.24) is 5.43 Å². The second-order valence-corrected chi connectivity index (χ2v) is 6.88. The predicted molar refractivity (Wildman–Crippen MR) is 123 cm³/mol. The molecular formula is C25H24N2O6. The Morgan fingerprint density at radius 1 is 0.909 bits per heavy atom. The molecule has 3 rings (SSSR count). The standard InChI is InChI=1S/C25H24N2O6/c1-17-6-4-5-7-21(17)32-16-24(28)27-26-15-18-8-11-20(12-9-18)33-25(29)19-10-13-22(30-2)23(14-19)31-3/h4-15H,16H2,1-3H3,(H,27,28)/b26-15-. The number of nitrogens with one attached hydrogen (secondary N) is 1. The largest absolute Gasteiger partial charge is 0.493 e. The van der Waals surface area contributed by atoms with Gasteiger partial charge in [-0.1, -0.05) is 18.2 Å². The molecular weight excluding hydrogens is 424 g/mol. The lowest BCUT2D eigenvalue weighted by Crippen LogP contribution is -2.24. The Kier molecular flexibility index (Phi) is 8.02. The van der Waals surface area contributed by atoms with Crippen LogP contribution in [0, 0.1) is 6.92 Å². The zero-order valence-corrected chi connectivity index (χ0v) is 18.5. The Labute approximate surface area is 191 Å². The molecule has 0 saturated heterocycles. The molecule has 0 aliphatic rings. The van der Waals surface area contributed by atoms with Crippen molar-refractivity contribution >= 4 is 18.1 Å². The SMILES string of the molecule is COc1ccc(C(=O)Oc2ccc(/C=N\NC(=O)COc3ccccc3C)cc2)cc1OC. The van der Waals surface area contributed by atoms with E-state index in [0.717, 1.165) is 5.56 Å². The molecule has 0 fully saturated rings. The number of rotatable bonds is 9. The molecule has 0 spiro atoms. The number of benzene rings is 3. The summed E-state index contributed by atoms with van der Waals surface area (Å²) in [5.74, 6) is 1.06. The summed E-state index contributed by atoms with van der Waals surface area (Å²) in [6, 6.07) is 18.9. The van der Waals surface area contributed by atoms with Crippen LogP contribution in [0.1, 0.15) is 21.5 Å². The highest BCUT2D eigenvalue weighted by atomic mass is 16.5. The summed E-state index contributed by atoms with van der Waals surface area (Å²) in [4.78, 5) is 24.3. The van der Waals surface area contributed by atoms with Crippen molar-refractivity contribution in [1.29, 1.82) is 0 Å². The quantitative estimate of drug-likeness (QED) is 0.232. The Hall–Kier alpha value is -4.33. The van der Waals surface area contributed by atoms with Gasteiger partial charge in [-0.25, -0.2) is 10.2 Å². The van der Waals surface area contributed by atoms with Gasteiger partial charge in [0.2, 0.25) is 0 Å². The highest BCUT2D eigenvalue weighted by Crippen LogP contribution is 2.28. The molecule has 0 aliphatic heterocycles. The molecule has 0 unspecified atom stereocenters. The van der Waals surface area contributed by atoms with Crippen LogP contribution in [0.4, 0.5) is 0 Å². The summed E-state index contributed by atoms with van der Waals surface area (Å²) in [5.41, 5.74) is 4.39. The van der Waals surface area contributed by atoms with Gasteiger partial charge in [0.05, 0.1) is 26.0 Å². The van der Waals surface area contributed by atoms with Gasteiger partial charge in [0, 0.05) is 0 Å². The Morgan fingerprint density at radius 3 is 2.33 bits per heavy atom. The molecule has 33 heavy (non-hydrogen) atoms. The van der Waals surface area contributed by atoms with E-state index in [1.165, 1.54) is 20.4 Å². The number of ether oxygens (including phenoxy) is 4. The number of hydrazone groups is 1. The molecule has 8 heteroatoms. The zero-order valence-electron chi connectivity index (χ0n) is 18.5. The summed E-state index contributed by atoms with van der Waals surface area (Å²) in [6.45, 7) is 1.76. The Morgan fingerprint density at radius 2 is 1.64 bits per heavy atom. The molecule has 1 N–H and O–H groups in total. The van der Waals surface area contributed by atoms with Crippen LogP contribution >= 0.6 is 0 Å². The van der Waals surface area contributed by atoms with Crippen molar-refractivity contribution < 1.29 is 28.5 Å². The lowest BCUT2D eigenvalue weighted by molar-refractivity contribution is -0.123. The Bertz CT molecular complexity index is 1140. The first kappa shape index (κ1) is 23.3. The van der Waals surface area contributed by atoms with Gasteiger partial charge in [-0.2, -0.15) is 5.10 Å². The molecule has 0 saturated carbocycles. The normalized spacial score (nSPS) is 10.5. The lowest BCUT2D eigenvalue weighted by atomic mass is 10.2. The first-order valence-electron chi connectivity index (χ1n) is 10.0. The van der Waals surface area contributed by atoms with Crippen LogP contribution in [-0.2, 0) is 4.79 Å². The van der Waals surface area contributed by atoms with Crippen LogP contribution in [0.25, 0.3) is 0 Å². The van der Waals surface area contributed by atoms with Crippen LogP contribution in [0.2, 0.25) is 0 Å². The monoisotopic (exact) mass is 448 g/mol. The third-order valence-electron chi connectivity index (χ3n) is 4.57. The maximum Gasteiger partial charge on any atom is 0.343 e. The number of nitrogens with zero attached hydrogens (tertiary/aromatic N) is 1. The minimum absolute atomic E-state index is 0.146. The van der Waals surface area contributed by atoms with Gasteiger partial charge < -0.3 is 18.9 Å². The zero-order chi connectivity index (χ0) is 23.6. The van der Waals surface area contributed by atoms with Crippen LogP contribution in [-0.4, -0.2) is 38.9 Å². The average Bonchev–Trinajstić information content (AvgIpc) is 2.84. The van der Waals surface area contributed by atoms with Crippen molar-refractivity contribution in [3.63, 3.8) is 0 Å². The molecule has 170 valence electrons. The summed E-state index contributed by atoms with van der Waals surface area (Å²) in [6.07, 6.45) is 1.48.